The van der Waals surface area contributed by atoms with Crippen molar-refractivity contribution in [2.45, 2.75) is 12.3 Å². The second-order valence-corrected chi connectivity index (χ2v) is 9.14. The van der Waals surface area contributed by atoms with Gasteiger partial charge in [-0.25, -0.2) is 0 Å². The molecule has 0 spiro atoms. The van der Waals surface area contributed by atoms with Crippen LogP contribution in [0.25, 0.3) is 11.1 Å². The van der Waals surface area contributed by atoms with E-state index in [0.717, 1.165) is 17.0 Å². The van der Waals surface area contributed by atoms with Gasteiger partial charge < -0.3 is 0 Å². The van der Waals surface area contributed by atoms with Crippen molar-refractivity contribution in [2.75, 3.05) is 0 Å². The molecule has 0 saturated heterocycles. The Labute approximate surface area is 211 Å². The molecule has 1 aliphatic rings. The summed E-state index contributed by atoms with van der Waals surface area (Å²) in [5.41, 5.74) is 10.8. The lowest BCUT2D eigenvalue weighted by Gasteiger charge is -2.34. The van der Waals surface area contributed by atoms with Crippen molar-refractivity contribution in [3.05, 3.63) is 161 Å². The molecule has 2 nitrogen and oxygen atoms in total. The number of hydrogen-bond acceptors (Lipinski definition) is 2. The molecule has 0 aromatic heterocycles. The SMILES string of the molecule is C/C(=N\c1ccc(C#N)cc1)c1ccc(C2(c3ccccc3)c3ccccc3-c3ccccc32)cc1. The summed E-state index contributed by atoms with van der Waals surface area (Å²) in [6, 6.07) is 46.7. The van der Waals surface area contributed by atoms with Crippen molar-refractivity contribution >= 4 is 11.4 Å². The fourth-order valence-electron chi connectivity index (χ4n) is 5.54. The summed E-state index contributed by atoms with van der Waals surface area (Å²) < 4.78 is 0. The van der Waals surface area contributed by atoms with Crippen LogP contribution in [0, 0.1) is 11.3 Å². The average Bonchev–Trinajstić information content (AvgIpc) is 3.25. The van der Waals surface area contributed by atoms with E-state index in [-0.39, 0.29) is 5.41 Å². The second-order valence-electron chi connectivity index (χ2n) is 9.14. The van der Waals surface area contributed by atoms with E-state index in [9.17, 15) is 0 Å². The van der Waals surface area contributed by atoms with Gasteiger partial charge in [0.1, 0.15) is 0 Å². The Morgan fingerprint density at radius 3 is 1.72 bits per heavy atom. The number of rotatable bonds is 4. The highest BCUT2D eigenvalue weighted by atomic mass is 14.7. The van der Waals surface area contributed by atoms with Crippen LogP contribution in [0.2, 0.25) is 0 Å². The maximum absolute atomic E-state index is 9.04. The number of hydrogen-bond donors (Lipinski definition) is 0. The Morgan fingerprint density at radius 2 is 1.14 bits per heavy atom. The zero-order valence-electron chi connectivity index (χ0n) is 20.0. The molecular weight excluding hydrogens is 436 g/mol. The molecule has 0 saturated carbocycles. The van der Waals surface area contributed by atoms with Gasteiger partial charge in [-0.1, -0.05) is 103 Å². The van der Waals surface area contributed by atoms with Crippen LogP contribution in [-0.4, -0.2) is 5.71 Å². The van der Waals surface area contributed by atoms with E-state index in [0.29, 0.717) is 5.56 Å². The molecule has 5 aromatic carbocycles. The molecule has 1 aliphatic carbocycles. The van der Waals surface area contributed by atoms with Crippen LogP contribution >= 0.6 is 0 Å². The van der Waals surface area contributed by atoms with Gasteiger partial charge in [0, 0.05) is 5.71 Å². The Morgan fingerprint density at radius 1 is 0.611 bits per heavy atom. The molecule has 0 atom stereocenters. The van der Waals surface area contributed by atoms with Crippen LogP contribution in [-0.2, 0) is 5.41 Å². The van der Waals surface area contributed by atoms with E-state index in [1.165, 1.54) is 33.4 Å². The molecule has 36 heavy (non-hydrogen) atoms. The lowest BCUT2D eigenvalue weighted by molar-refractivity contribution is 0.768. The molecule has 6 rings (SSSR count). The molecule has 0 heterocycles. The minimum atomic E-state index is -0.384. The quantitative estimate of drug-likeness (QED) is 0.245. The van der Waals surface area contributed by atoms with Crippen molar-refractivity contribution in [3.8, 4) is 17.2 Å². The number of aliphatic imine (C=N–C) groups is 1. The molecule has 0 aliphatic heterocycles. The highest BCUT2D eigenvalue weighted by Crippen LogP contribution is 2.55. The van der Waals surface area contributed by atoms with Gasteiger partial charge in [0.05, 0.1) is 22.7 Å². The van der Waals surface area contributed by atoms with Crippen LogP contribution in [0.4, 0.5) is 5.69 Å². The first-order valence-electron chi connectivity index (χ1n) is 12.1. The van der Waals surface area contributed by atoms with Gasteiger partial charge in [0.25, 0.3) is 0 Å². The van der Waals surface area contributed by atoms with Crippen LogP contribution in [0.5, 0.6) is 0 Å². The summed E-state index contributed by atoms with van der Waals surface area (Å²) in [5, 5.41) is 9.04. The molecule has 0 amide bonds. The maximum Gasteiger partial charge on any atom is 0.0991 e. The van der Waals surface area contributed by atoms with Gasteiger partial charge in [0.2, 0.25) is 0 Å². The van der Waals surface area contributed by atoms with Crippen LogP contribution < -0.4 is 0 Å². The highest BCUT2D eigenvalue weighted by molar-refractivity contribution is 6.00. The number of nitriles is 1. The van der Waals surface area contributed by atoms with E-state index in [1.54, 1.807) is 12.1 Å². The summed E-state index contributed by atoms with van der Waals surface area (Å²) in [4.78, 5) is 4.79. The van der Waals surface area contributed by atoms with Crippen LogP contribution in [0.3, 0.4) is 0 Å². The standard InChI is InChI=1S/C34H24N2/c1-24(36-29-21-15-25(23-35)16-22-29)26-17-19-28(20-18-26)34(27-9-3-2-4-10-27)32-13-7-5-11-30(32)31-12-6-8-14-33(31)34/h2-22H,1H3/b36-24+. The van der Waals surface area contributed by atoms with Gasteiger partial charge >= 0.3 is 0 Å². The Kier molecular flexibility index (Phi) is 5.32. The first-order chi connectivity index (χ1) is 17.7. The van der Waals surface area contributed by atoms with E-state index < -0.39 is 0 Å². The average molecular weight is 461 g/mol. The predicted octanol–water partition coefficient (Wildman–Crippen LogP) is 8.06. The first kappa shape index (κ1) is 21.8. The zero-order chi connectivity index (χ0) is 24.5. The minimum Gasteiger partial charge on any atom is -0.253 e. The molecule has 0 radical (unpaired) electrons. The number of fused-ring (bicyclic) bond motifs is 3. The lowest BCUT2D eigenvalue weighted by Crippen LogP contribution is -2.28. The van der Waals surface area contributed by atoms with Gasteiger partial charge in [-0.05, 0) is 70.1 Å². The van der Waals surface area contributed by atoms with Crippen molar-refractivity contribution in [1.29, 1.82) is 5.26 Å². The fourth-order valence-corrected chi connectivity index (χ4v) is 5.54. The topological polar surface area (TPSA) is 36.1 Å². The Hall–Kier alpha value is -4.74. The highest BCUT2D eigenvalue weighted by Gasteiger charge is 2.45. The summed E-state index contributed by atoms with van der Waals surface area (Å²) in [6.07, 6.45) is 0. The van der Waals surface area contributed by atoms with Crippen molar-refractivity contribution in [2.24, 2.45) is 4.99 Å². The van der Waals surface area contributed by atoms with Gasteiger partial charge in [-0.3, -0.25) is 4.99 Å². The third kappa shape index (κ3) is 3.37. The van der Waals surface area contributed by atoms with Gasteiger partial charge in [0.15, 0.2) is 0 Å². The van der Waals surface area contributed by atoms with Crippen molar-refractivity contribution < 1.29 is 0 Å². The molecular formula is C34H24N2. The second kappa shape index (κ2) is 8.80. The summed E-state index contributed by atoms with van der Waals surface area (Å²) >= 11 is 0. The van der Waals surface area contributed by atoms with Gasteiger partial charge in [-0.15, -0.1) is 0 Å². The monoisotopic (exact) mass is 460 g/mol. The maximum atomic E-state index is 9.04. The molecule has 5 aromatic rings. The lowest BCUT2D eigenvalue weighted by atomic mass is 9.67. The van der Waals surface area contributed by atoms with E-state index in [1.807, 2.05) is 19.1 Å². The van der Waals surface area contributed by atoms with Crippen LogP contribution in [0.1, 0.15) is 40.3 Å². The fraction of sp³-hybridized carbons (Fsp3) is 0.0588. The van der Waals surface area contributed by atoms with E-state index in [2.05, 4.69) is 109 Å². The normalized spacial score (nSPS) is 13.5. The Balaban J connectivity index is 1.50. The summed E-state index contributed by atoms with van der Waals surface area (Å²) in [6.45, 7) is 2.03. The summed E-state index contributed by atoms with van der Waals surface area (Å²) in [5.74, 6) is 0. The third-order valence-corrected chi connectivity index (χ3v) is 7.19. The molecule has 0 fully saturated rings. The number of benzene rings is 5. The molecule has 0 N–H and O–H groups in total. The minimum absolute atomic E-state index is 0.384. The van der Waals surface area contributed by atoms with E-state index in [4.69, 9.17) is 10.3 Å². The number of nitrogens with zero attached hydrogens (tertiary/aromatic N) is 2. The zero-order valence-corrected chi connectivity index (χ0v) is 20.0. The largest absolute Gasteiger partial charge is 0.253 e. The van der Waals surface area contributed by atoms with E-state index >= 15 is 0 Å². The third-order valence-electron chi connectivity index (χ3n) is 7.19. The van der Waals surface area contributed by atoms with Crippen molar-refractivity contribution in [3.63, 3.8) is 0 Å². The molecule has 170 valence electrons. The Bertz CT molecular complexity index is 1570. The molecule has 0 unspecified atom stereocenters. The predicted molar refractivity (Wildman–Crippen MR) is 147 cm³/mol. The van der Waals surface area contributed by atoms with Crippen molar-refractivity contribution in [1.82, 2.24) is 0 Å². The molecule has 2 heteroatoms. The first-order valence-corrected chi connectivity index (χ1v) is 12.1. The smallest absolute Gasteiger partial charge is 0.0991 e. The van der Waals surface area contributed by atoms with Gasteiger partial charge in [-0.2, -0.15) is 5.26 Å². The molecule has 0 bridgehead atoms. The van der Waals surface area contributed by atoms with Crippen LogP contribution in [0.15, 0.2) is 132 Å². The summed E-state index contributed by atoms with van der Waals surface area (Å²) in [7, 11) is 0.